The highest BCUT2D eigenvalue weighted by Gasteiger charge is 2.34. The van der Waals surface area contributed by atoms with Crippen molar-refractivity contribution in [3.63, 3.8) is 0 Å². The molecule has 0 atom stereocenters. The number of amides is 3. The van der Waals surface area contributed by atoms with Crippen molar-refractivity contribution in [3.8, 4) is 6.07 Å². The van der Waals surface area contributed by atoms with E-state index in [0.717, 1.165) is 29.2 Å². The molecule has 0 unspecified atom stereocenters. The van der Waals surface area contributed by atoms with Crippen LogP contribution in [0.2, 0.25) is 0 Å². The summed E-state index contributed by atoms with van der Waals surface area (Å²) in [6.45, 7) is -0.442. The van der Waals surface area contributed by atoms with E-state index in [0.29, 0.717) is 6.07 Å². The van der Waals surface area contributed by atoms with Crippen molar-refractivity contribution in [2.75, 3.05) is 23.8 Å². The molecule has 0 aliphatic carbocycles. The number of hydrogen-bond donors (Lipinski definition) is 3. The Labute approximate surface area is 179 Å². The Bertz CT molecular complexity index is 1100. The van der Waals surface area contributed by atoms with Crippen LogP contribution in [-0.4, -0.2) is 36.6 Å². The molecule has 168 valence electrons. The Kier molecular flexibility index (Phi) is 7.37. The smallest absolute Gasteiger partial charge is 0.417 e. The Morgan fingerprint density at radius 3 is 2.38 bits per heavy atom. The van der Waals surface area contributed by atoms with Crippen LogP contribution >= 0.6 is 0 Å². The van der Waals surface area contributed by atoms with Gasteiger partial charge >= 0.3 is 18.2 Å². The first-order valence-electron chi connectivity index (χ1n) is 8.91. The lowest BCUT2D eigenvalue weighted by atomic mass is 10.1. The molecule has 2 aromatic rings. The van der Waals surface area contributed by atoms with E-state index in [9.17, 15) is 31.9 Å². The van der Waals surface area contributed by atoms with Crippen LogP contribution in [0.15, 0.2) is 36.4 Å². The van der Waals surface area contributed by atoms with E-state index in [1.807, 2.05) is 0 Å². The van der Waals surface area contributed by atoms with Crippen molar-refractivity contribution < 1.29 is 37.1 Å². The van der Waals surface area contributed by atoms with E-state index in [2.05, 4.69) is 10.6 Å². The summed E-state index contributed by atoms with van der Waals surface area (Å²) in [5, 5.41) is 22.2. The number of urea groups is 1. The summed E-state index contributed by atoms with van der Waals surface area (Å²) in [5.74, 6) is -3.00. The Hall–Kier alpha value is -4.14. The minimum absolute atomic E-state index is 0.126. The Balaban J connectivity index is 2.39. The first-order chi connectivity index (χ1) is 15.0. The number of carbonyl (C=O) groups excluding carboxylic acids is 2. The standard InChI is InChI=1S/C20H16F4N4O4/c1-26-18(31)14-5-4-13(9-16(14)21)28(7-6-17(29)30)19(32)27-12-3-2-11(10-25)15(8-12)20(22,23)24/h2-5,8-9H,6-7H2,1H3,(H,26,31)(H,27,32)(H,29,30). The fourth-order valence-electron chi connectivity index (χ4n) is 2.69. The highest BCUT2D eigenvalue weighted by molar-refractivity contribution is 6.02. The predicted molar refractivity (Wildman–Crippen MR) is 105 cm³/mol. The molecule has 0 aromatic heterocycles. The lowest BCUT2D eigenvalue weighted by Gasteiger charge is -2.23. The van der Waals surface area contributed by atoms with Gasteiger partial charge in [-0.25, -0.2) is 9.18 Å². The highest BCUT2D eigenvalue weighted by Crippen LogP contribution is 2.33. The normalized spacial score (nSPS) is 10.8. The molecule has 2 rings (SSSR count). The summed E-state index contributed by atoms with van der Waals surface area (Å²) < 4.78 is 53.8. The fraction of sp³-hybridized carbons (Fsp3) is 0.200. The van der Waals surface area contributed by atoms with Crippen LogP contribution in [0.3, 0.4) is 0 Å². The molecular formula is C20H16F4N4O4. The zero-order chi connectivity index (χ0) is 24.1. The number of nitrogens with one attached hydrogen (secondary N) is 2. The van der Waals surface area contributed by atoms with E-state index in [1.54, 1.807) is 0 Å². The average Bonchev–Trinajstić information content (AvgIpc) is 2.72. The number of benzene rings is 2. The maximum absolute atomic E-state index is 14.3. The van der Waals surface area contributed by atoms with Gasteiger partial charge in [-0.15, -0.1) is 0 Å². The van der Waals surface area contributed by atoms with Crippen LogP contribution in [0.4, 0.5) is 33.7 Å². The second-order valence-corrected chi connectivity index (χ2v) is 6.34. The number of aliphatic carboxylic acids is 1. The first kappa shape index (κ1) is 24.1. The van der Waals surface area contributed by atoms with Gasteiger partial charge in [-0.05, 0) is 36.4 Å². The number of nitrogens with zero attached hydrogens (tertiary/aromatic N) is 2. The van der Waals surface area contributed by atoms with Crippen molar-refractivity contribution in [1.29, 1.82) is 5.26 Å². The summed E-state index contributed by atoms with van der Waals surface area (Å²) in [6, 6.07) is 5.95. The van der Waals surface area contributed by atoms with Gasteiger partial charge in [0.1, 0.15) is 5.82 Å². The minimum Gasteiger partial charge on any atom is -0.481 e. The van der Waals surface area contributed by atoms with E-state index in [4.69, 9.17) is 10.4 Å². The quantitative estimate of drug-likeness (QED) is 0.578. The summed E-state index contributed by atoms with van der Waals surface area (Å²) in [4.78, 5) is 36.1. The van der Waals surface area contributed by atoms with Gasteiger partial charge in [-0.2, -0.15) is 18.4 Å². The number of hydrogen-bond acceptors (Lipinski definition) is 4. The lowest BCUT2D eigenvalue weighted by molar-refractivity contribution is -0.138. The number of nitriles is 1. The van der Waals surface area contributed by atoms with Crippen molar-refractivity contribution in [1.82, 2.24) is 5.32 Å². The van der Waals surface area contributed by atoms with Gasteiger partial charge in [0, 0.05) is 25.0 Å². The summed E-state index contributed by atoms with van der Waals surface area (Å²) >= 11 is 0. The maximum Gasteiger partial charge on any atom is 0.417 e. The molecular weight excluding hydrogens is 436 g/mol. The number of halogens is 4. The molecule has 3 amide bonds. The van der Waals surface area contributed by atoms with E-state index in [-0.39, 0.29) is 16.9 Å². The van der Waals surface area contributed by atoms with Crippen molar-refractivity contribution >= 4 is 29.3 Å². The molecule has 0 saturated carbocycles. The molecule has 0 aliphatic heterocycles. The van der Waals surface area contributed by atoms with Gasteiger partial charge in [0.25, 0.3) is 5.91 Å². The van der Waals surface area contributed by atoms with Crippen LogP contribution < -0.4 is 15.5 Å². The zero-order valence-corrected chi connectivity index (χ0v) is 16.5. The van der Waals surface area contributed by atoms with Crippen molar-refractivity contribution in [2.24, 2.45) is 0 Å². The van der Waals surface area contributed by atoms with Crippen molar-refractivity contribution in [2.45, 2.75) is 12.6 Å². The molecule has 8 nitrogen and oxygen atoms in total. The maximum atomic E-state index is 14.3. The molecule has 0 spiro atoms. The summed E-state index contributed by atoms with van der Waals surface area (Å²) in [7, 11) is 1.29. The monoisotopic (exact) mass is 452 g/mol. The van der Waals surface area contributed by atoms with Gasteiger partial charge < -0.3 is 15.7 Å². The molecule has 0 fully saturated rings. The first-order valence-corrected chi connectivity index (χ1v) is 8.91. The molecule has 0 heterocycles. The third kappa shape index (κ3) is 5.72. The van der Waals surface area contributed by atoms with Gasteiger partial charge in [-0.1, -0.05) is 0 Å². The van der Waals surface area contributed by atoms with Crippen LogP contribution in [-0.2, 0) is 11.0 Å². The van der Waals surface area contributed by atoms with E-state index < -0.39 is 54.0 Å². The molecule has 2 aromatic carbocycles. The zero-order valence-electron chi connectivity index (χ0n) is 16.5. The van der Waals surface area contributed by atoms with Gasteiger partial charge in [0.05, 0.1) is 29.2 Å². The SMILES string of the molecule is CNC(=O)c1ccc(N(CCC(=O)O)C(=O)Nc2ccc(C#N)c(C(F)(F)F)c2)cc1F. The van der Waals surface area contributed by atoms with E-state index in [1.165, 1.54) is 19.2 Å². The van der Waals surface area contributed by atoms with Crippen molar-refractivity contribution in [3.05, 3.63) is 58.9 Å². The lowest BCUT2D eigenvalue weighted by Crippen LogP contribution is -2.37. The highest BCUT2D eigenvalue weighted by atomic mass is 19.4. The number of alkyl halides is 3. The van der Waals surface area contributed by atoms with Crippen LogP contribution in [0.5, 0.6) is 0 Å². The Morgan fingerprint density at radius 1 is 1.16 bits per heavy atom. The molecule has 3 N–H and O–H groups in total. The molecule has 0 bridgehead atoms. The second-order valence-electron chi connectivity index (χ2n) is 6.34. The van der Waals surface area contributed by atoms with Crippen LogP contribution in [0.25, 0.3) is 0 Å². The Morgan fingerprint density at radius 2 is 1.84 bits per heavy atom. The molecule has 32 heavy (non-hydrogen) atoms. The molecule has 12 heteroatoms. The topological polar surface area (TPSA) is 123 Å². The van der Waals surface area contributed by atoms with Crippen LogP contribution in [0.1, 0.15) is 27.9 Å². The number of carboxylic acid groups (broad SMARTS) is 1. The van der Waals surface area contributed by atoms with E-state index >= 15 is 0 Å². The van der Waals surface area contributed by atoms with Gasteiger partial charge in [0.2, 0.25) is 0 Å². The largest absolute Gasteiger partial charge is 0.481 e. The number of anilines is 2. The number of carboxylic acids is 1. The molecule has 0 aliphatic rings. The molecule has 0 saturated heterocycles. The minimum atomic E-state index is -4.85. The summed E-state index contributed by atoms with van der Waals surface area (Å²) in [5.41, 5.74) is -2.68. The van der Waals surface area contributed by atoms with Crippen LogP contribution in [0, 0.1) is 17.1 Å². The fourth-order valence-corrected chi connectivity index (χ4v) is 2.69. The third-order valence-corrected chi connectivity index (χ3v) is 4.23. The average molecular weight is 452 g/mol. The second kappa shape index (κ2) is 9.78. The number of carbonyl (C=O) groups is 3. The molecule has 0 radical (unpaired) electrons. The van der Waals surface area contributed by atoms with Gasteiger partial charge in [-0.3, -0.25) is 14.5 Å². The predicted octanol–water partition coefficient (Wildman–Crippen LogP) is 3.59. The summed E-state index contributed by atoms with van der Waals surface area (Å²) in [6.07, 6.45) is -5.40. The number of rotatable bonds is 6. The van der Waals surface area contributed by atoms with Gasteiger partial charge in [0.15, 0.2) is 0 Å². The third-order valence-electron chi connectivity index (χ3n) is 4.23.